The van der Waals surface area contributed by atoms with Crippen LogP contribution in [0.1, 0.15) is 23.2 Å². The second kappa shape index (κ2) is 10.2. The van der Waals surface area contributed by atoms with E-state index in [2.05, 4.69) is 35.7 Å². The van der Waals surface area contributed by atoms with Crippen LogP contribution >= 0.6 is 11.8 Å². The van der Waals surface area contributed by atoms with Gasteiger partial charge in [-0.1, -0.05) is 17.8 Å². The highest BCUT2D eigenvalue weighted by molar-refractivity contribution is 7.99. The van der Waals surface area contributed by atoms with Gasteiger partial charge in [0.1, 0.15) is 6.33 Å². The van der Waals surface area contributed by atoms with Crippen LogP contribution in [0.25, 0.3) is 0 Å². The first-order valence-corrected chi connectivity index (χ1v) is 11.3. The summed E-state index contributed by atoms with van der Waals surface area (Å²) >= 11 is 1.30. The Labute approximate surface area is 189 Å². The molecule has 166 valence electrons. The van der Waals surface area contributed by atoms with Gasteiger partial charge < -0.3 is 20.1 Å². The molecular formula is C21H24N8O2S. The molecule has 1 aliphatic rings. The summed E-state index contributed by atoms with van der Waals surface area (Å²) < 4.78 is 1.75. The number of piperidine rings is 1. The number of carbonyl (C=O) groups is 2. The van der Waals surface area contributed by atoms with Crippen LogP contribution in [0.15, 0.2) is 54.2 Å². The summed E-state index contributed by atoms with van der Waals surface area (Å²) in [6.45, 7) is 1.52. The third-order valence-electron chi connectivity index (χ3n) is 5.00. The maximum atomic E-state index is 12.8. The molecule has 1 unspecified atom stereocenters. The Bertz CT molecular complexity index is 1070. The lowest BCUT2D eigenvalue weighted by atomic mass is 10.1. The van der Waals surface area contributed by atoms with Crippen LogP contribution in [-0.4, -0.2) is 61.4 Å². The molecule has 1 fully saturated rings. The molecule has 1 atom stereocenters. The summed E-state index contributed by atoms with van der Waals surface area (Å²) in [5, 5.41) is 14.3. The van der Waals surface area contributed by atoms with Crippen LogP contribution in [0.5, 0.6) is 0 Å². The molecule has 11 heteroatoms. The lowest BCUT2D eigenvalue weighted by molar-refractivity contribution is -0.113. The van der Waals surface area contributed by atoms with Crippen LogP contribution in [0.2, 0.25) is 0 Å². The first-order valence-electron chi connectivity index (χ1n) is 10.3. The van der Waals surface area contributed by atoms with Gasteiger partial charge in [-0.3, -0.25) is 9.59 Å². The number of rotatable bonds is 7. The van der Waals surface area contributed by atoms with Crippen molar-refractivity contribution < 1.29 is 9.59 Å². The molecule has 1 aliphatic heterocycles. The van der Waals surface area contributed by atoms with Crippen molar-refractivity contribution in [3.8, 4) is 0 Å². The topological polar surface area (TPSA) is 118 Å². The Kier molecular flexibility index (Phi) is 6.95. The summed E-state index contributed by atoms with van der Waals surface area (Å²) in [6, 6.07) is 8.72. The Balaban J connectivity index is 1.31. The number of nitrogens with one attached hydrogen (secondary N) is 2. The summed E-state index contributed by atoms with van der Waals surface area (Å²) in [5.74, 6) is 0.523. The molecule has 1 saturated heterocycles. The number of nitrogens with zero attached hydrogens (tertiary/aromatic N) is 6. The van der Waals surface area contributed by atoms with Gasteiger partial charge in [0.25, 0.3) is 5.91 Å². The van der Waals surface area contributed by atoms with Gasteiger partial charge in [0, 0.05) is 49.8 Å². The largest absolute Gasteiger partial charge is 0.348 e. The highest BCUT2D eigenvalue weighted by atomic mass is 32.2. The number of thioether (sulfide) groups is 1. The Morgan fingerprint density at radius 2 is 2.06 bits per heavy atom. The lowest BCUT2D eigenvalue weighted by Crippen LogP contribution is -2.48. The third kappa shape index (κ3) is 5.61. The minimum absolute atomic E-state index is 0.00102. The van der Waals surface area contributed by atoms with Crippen molar-refractivity contribution in [1.82, 2.24) is 30.0 Å². The van der Waals surface area contributed by atoms with Crippen LogP contribution in [0.4, 0.5) is 11.6 Å². The van der Waals surface area contributed by atoms with Crippen molar-refractivity contribution in [3.05, 3.63) is 54.6 Å². The zero-order valence-corrected chi connectivity index (χ0v) is 18.5. The molecule has 3 heterocycles. The molecule has 0 saturated carbocycles. The molecule has 0 bridgehead atoms. The minimum atomic E-state index is -0.179. The number of aryl methyl sites for hydroxylation is 1. The normalized spacial score (nSPS) is 15.9. The lowest BCUT2D eigenvalue weighted by Gasteiger charge is -2.33. The average molecular weight is 453 g/mol. The number of amides is 2. The van der Waals surface area contributed by atoms with Crippen molar-refractivity contribution >= 4 is 35.2 Å². The van der Waals surface area contributed by atoms with Crippen LogP contribution < -0.4 is 15.5 Å². The Hall–Kier alpha value is -3.47. The van der Waals surface area contributed by atoms with E-state index in [1.54, 1.807) is 53.6 Å². The number of benzene rings is 1. The molecule has 3 aromatic rings. The van der Waals surface area contributed by atoms with Crippen molar-refractivity contribution in [1.29, 1.82) is 0 Å². The van der Waals surface area contributed by atoms with Crippen molar-refractivity contribution in [2.75, 3.05) is 29.1 Å². The maximum absolute atomic E-state index is 12.8. The first kappa shape index (κ1) is 21.8. The van der Waals surface area contributed by atoms with Gasteiger partial charge in [-0.15, -0.1) is 10.2 Å². The predicted octanol–water partition coefficient (Wildman–Crippen LogP) is 1.73. The summed E-state index contributed by atoms with van der Waals surface area (Å²) in [5.41, 5.74) is 1.07. The van der Waals surface area contributed by atoms with E-state index >= 15 is 0 Å². The van der Waals surface area contributed by atoms with Crippen molar-refractivity contribution in [2.24, 2.45) is 7.05 Å². The first-order chi connectivity index (χ1) is 15.6. The minimum Gasteiger partial charge on any atom is -0.348 e. The zero-order chi connectivity index (χ0) is 22.3. The van der Waals surface area contributed by atoms with Crippen molar-refractivity contribution in [3.63, 3.8) is 0 Å². The second-order valence-corrected chi connectivity index (χ2v) is 8.39. The number of anilines is 2. The van der Waals surface area contributed by atoms with E-state index < -0.39 is 0 Å². The quantitative estimate of drug-likeness (QED) is 0.521. The molecule has 1 aromatic carbocycles. The molecule has 2 amide bonds. The van der Waals surface area contributed by atoms with E-state index in [1.165, 1.54) is 11.8 Å². The van der Waals surface area contributed by atoms with Gasteiger partial charge in [0.2, 0.25) is 11.9 Å². The van der Waals surface area contributed by atoms with E-state index in [1.807, 2.05) is 7.05 Å². The molecule has 0 spiro atoms. The number of aromatic nitrogens is 5. The third-order valence-corrected chi connectivity index (χ3v) is 6.04. The van der Waals surface area contributed by atoms with E-state index in [9.17, 15) is 9.59 Å². The zero-order valence-electron chi connectivity index (χ0n) is 17.6. The van der Waals surface area contributed by atoms with E-state index in [0.29, 0.717) is 28.9 Å². The number of hydrogen-bond acceptors (Lipinski definition) is 8. The molecular weight excluding hydrogens is 428 g/mol. The molecule has 2 N–H and O–H groups in total. The Morgan fingerprint density at radius 1 is 1.22 bits per heavy atom. The Morgan fingerprint density at radius 3 is 2.84 bits per heavy atom. The van der Waals surface area contributed by atoms with E-state index in [4.69, 9.17) is 0 Å². The van der Waals surface area contributed by atoms with Gasteiger partial charge in [-0.05, 0) is 37.1 Å². The van der Waals surface area contributed by atoms with Gasteiger partial charge in [-0.2, -0.15) is 0 Å². The van der Waals surface area contributed by atoms with Gasteiger partial charge in [0.15, 0.2) is 5.16 Å². The molecule has 2 aromatic heterocycles. The predicted molar refractivity (Wildman–Crippen MR) is 122 cm³/mol. The van der Waals surface area contributed by atoms with Gasteiger partial charge in [-0.25, -0.2) is 9.97 Å². The van der Waals surface area contributed by atoms with E-state index in [0.717, 1.165) is 19.4 Å². The maximum Gasteiger partial charge on any atom is 0.251 e. The number of carbonyl (C=O) groups excluding carboxylic acids is 2. The smallest absolute Gasteiger partial charge is 0.251 e. The molecule has 10 nitrogen and oxygen atoms in total. The van der Waals surface area contributed by atoms with E-state index in [-0.39, 0.29) is 23.6 Å². The molecule has 0 aliphatic carbocycles. The fraction of sp³-hybridized carbons (Fsp3) is 0.333. The van der Waals surface area contributed by atoms with Crippen LogP contribution in [0, 0.1) is 0 Å². The fourth-order valence-corrected chi connectivity index (χ4v) is 4.16. The van der Waals surface area contributed by atoms with Gasteiger partial charge >= 0.3 is 0 Å². The van der Waals surface area contributed by atoms with Crippen molar-refractivity contribution in [2.45, 2.75) is 24.0 Å². The molecule has 0 radical (unpaired) electrons. The van der Waals surface area contributed by atoms with Crippen LogP contribution in [0.3, 0.4) is 0 Å². The average Bonchev–Trinajstić information content (AvgIpc) is 3.23. The summed E-state index contributed by atoms with van der Waals surface area (Å²) in [4.78, 5) is 35.8. The molecule has 4 rings (SSSR count). The van der Waals surface area contributed by atoms with Gasteiger partial charge in [0.05, 0.1) is 5.75 Å². The highest BCUT2D eigenvalue weighted by Gasteiger charge is 2.23. The summed E-state index contributed by atoms with van der Waals surface area (Å²) in [6.07, 6.45) is 6.86. The SMILES string of the molecule is Cn1cnnc1SCC(=O)Nc1cccc(C(=O)NC2CCCN(c3ncccn3)C2)c1. The fourth-order valence-electron chi connectivity index (χ4n) is 3.47. The summed E-state index contributed by atoms with van der Waals surface area (Å²) in [7, 11) is 1.82. The van der Waals surface area contributed by atoms with Crippen LogP contribution in [-0.2, 0) is 11.8 Å². The molecule has 32 heavy (non-hydrogen) atoms. The second-order valence-electron chi connectivity index (χ2n) is 7.45. The monoisotopic (exact) mass is 452 g/mol. The highest BCUT2D eigenvalue weighted by Crippen LogP contribution is 2.18. The standard InChI is InChI=1S/C21H24N8O2S/c1-28-14-24-27-21(28)32-13-18(30)25-16-6-2-5-15(11-16)19(31)26-17-7-3-10-29(12-17)20-22-8-4-9-23-20/h2,4-6,8-9,11,14,17H,3,7,10,12-13H2,1H3,(H,25,30)(H,26,31). The number of hydrogen-bond donors (Lipinski definition) is 2.